The minimum Gasteiger partial charge on any atom is -0.550 e. The second kappa shape index (κ2) is 7.65. The number of carboxylic acids is 1. The average molecular weight is 242 g/mol. The van der Waals surface area contributed by atoms with Crippen LogP contribution in [-0.2, 0) is 4.79 Å². The maximum Gasteiger partial charge on any atom is 0.332 e. The molecule has 3 N–H and O–H groups in total. The largest absolute Gasteiger partial charge is 0.550 e. The molecular formula is C11H20N3O3-. The van der Waals surface area contributed by atoms with Gasteiger partial charge < -0.3 is 15.6 Å². The molecule has 0 spiro atoms. The molecule has 0 radical (unpaired) electrons. The first-order chi connectivity index (χ1) is 7.84. The zero-order valence-electron chi connectivity index (χ0n) is 10.5. The number of rotatable bonds is 7. The molecule has 0 aliphatic heterocycles. The number of hydrogen-bond donors (Lipinski definition) is 2. The first-order valence-electron chi connectivity index (χ1n) is 5.64. The zero-order valence-corrected chi connectivity index (χ0v) is 10.5. The van der Waals surface area contributed by atoms with Crippen molar-refractivity contribution in [1.29, 1.82) is 0 Å². The topological polar surface area (TPSA) is 108 Å². The van der Waals surface area contributed by atoms with Crippen molar-refractivity contribution >= 4 is 18.2 Å². The van der Waals surface area contributed by atoms with E-state index in [9.17, 15) is 14.7 Å². The third-order valence-corrected chi connectivity index (χ3v) is 2.63. The number of nitrogens with two attached hydrogens (primary N) is 1. The molecule has 0 heterocycles. The van der Waals surface area contributed by atoms with E-state index in [1.165, 1.54) is 0 Å². The van der Waals surface area contributed by atoms with Gasteiger partial charge in [0, 0.05) is 12.2 Å². The summed E-state index contributed by atoms with van der Waals surface area (Å²) in [5.74, 6) is -1.11. The van der Waals surface area contributed by atoms with Crippen molar-refractivity contribution < 1.29 is 14.7 Å². The Balaban J connectivity index is 4.20. The Labute approximate surface area is 101 Å². The van der Waals surface area contributed by atoms with Gasteiger partial charge in [-0.25, -0.2) is 10.2 Å². The van der Waals surface area contributed by atoms with Gasteiger partial charge in [-0.05, 0) is 30.6 Å². The summed E-state index contributed by atoms with van der Waals surface area (Å²) >= 11 is 0. The fraction of sp³-hybridized carbons (Fsp3) is 0.727. The maximum absolute atomic E-state index is 10.6. The van der Waals surface area contributed by atoms with Crippen LogP contribution in [0.5, 0.6) is 0 Å². The van der Waals surface area contributed by atoms with E-state index in [2.05, 4.69) is 10.5 Å². The van der Waals surface area contributed by atoms with Gasteiger partial charge in [0.05, 0.1) is 0 Å². The quantitative estimate of drug-likeness (QED) is 0.487. The monoisotopic (exact) mass is 242 g/mol. The highest BCUT2D eigenvalue weighted by Crippen LogP contribution is 2.18. The first kappa shape index (κ1) is 15.4. The number of hydrogen-bond acceptors (Lipinski definition) is 4. The van der Waals surface area contributed by atoms with Crippen LogP contribution in [0.25, 0.3) is 0 Å². The molecule has 0 rings (SSSR count). The van der Waals surface area contributed by atoms with Gasteiger partial charge in [0.2, 0.25) is 0 Å². The van der Waals surface area contributed by atoms with Crippen LogP contribution >= 0.6 is 0 Å². The average Bonchev–Trinajstić information content (AvgIpc) is 2.21. The molecule has 0 aromatic heterocycles. The molecule has 0 saturated heterocycles. The summed E-state index contributed by atoms with van der Waals surface area (Å²) < 4.78 is 0. The molecule has 6 heteroatoms. The van der Waals surface area contributed by atoms with Crippen LogP contribution in [0.15, 0.2) is 5.10 Å². The lowest BCUT2D eigenvalue weighted by atomic mass is 9.89. The van der Waals surface area contributed by atoms with Crippen LogP contribution in [0.1, 0.15) is 33.6 Å². The van der Waals surface area contributed by atoms with Crippen molar-refractivity contribution in [2.75, 3.05) is 0 Å². The van der Waals surface area contributed by atoms with Gasteiger partial charge in [0.1, 0.15) is 0 Å². The van der Waals surface area contributed by atoms with Crippen molar-refractivity contribution in [1.82, 2.24) is 5.43 Å². The van der Waals surface area contributed by atoms with E-state index in [-0.39, 0.29) is 5.92 Å². The number of carboxylic acid groups (broad SMARTS) is 1. The highest BCUT2D eigenvalue weighted by Gasteiger charge is 2.13. The van der Waals surface area contributed by atoms with Crippen LogP contribution in [-0.4, -0.2) is 18.2 Å². The molecule has 17 heavy (non-hydrogen) atoms. The van der Waals surface area contributed by atoms with E-state index >= 15 is 0 Å². The van der Waals surface area contributed by atoms with Crippen LogP contribution < -0.4 is 16.3 Å². The van der Waals surface area contributed by atoms with Gasteiger partial charge in [0.25, 0.3) is 0 Å². The van der Waals surface area contributed by atoms with Crippen molar-refractivity contribution in [3.63, 3.8) is 0 Å². The minimum atomic E-state index is -1.04. The Kier molecular flexibility index (Phi) is 6.93. The van der Waals surface area contributed by atoms with E-state index in [4.69, 9.17) is 5.73 Å². The lowest BCUT2D eigenvalue weighted by Crippen LogP contribution is -2.30. The molecule has 0 aliphatic carbocycles. The van der Waals surface area contributed by atoms with Crippen LogP contribution in [0.4, 0.5) is 4.79 Å². The number of primary amides is 1. The third kappa shape index (κ3) is 7.32. The highest BCUT2D eigenvalue weighted by molar-refractivity contribution is 5.73. The Hall–Kier alpha value is -1.59. The molecular weight excluding hydrogens is 222 g/mol. The van der Waals surface area contributed by atoms with Gasteiger partial charge in [0.15, 0.2) is 0 Å². The van der Waals surface area contributed by atoms with Crippen molar-refractivity contribution in [2.45, 2.75) is 33.6 Å². The third-order valence-electron chi connectivity index (χ3n) is 2.63. The molecule has 0 bridgehead atoms. The molecule has 0 aliphatic rings. The number of carbonyl (C=O) groups is 2. The molecule has 6 nitrogen and oxygen atoms in total. The highest BCUT2D eigenvalue weighted by atomic mass is 16.4. The first-order valence-corrected chi connectivity index (χ1v) is 5.64. The lowest BCUT2D eigenvalue weighted by Gasteiger charge is -2.19. The summed E-state index contributed by atoms with van der Waals surface area (Å²) in [6.45, 7) is 5.63. The molecule has 0 fully saturated rings. The molecule has 98 valence electrons. The van der Waals surface area contributed by atoms with Crippen LogP contribution in [0, 0.1) is 17.8 Å². The summed E-state index contributed by atoms with van der Waals surface area (Å²) in [4.78, 5) is 21.0. The molecule has 0 saturated carbocycles. The molecule has 0 aromatic carbocycles. The predicted octanol–water partition coefficient (Wildman–Crippen LogP) is 0.0789. The number of urea groups is 1. The number of nitrogens with zero attached hydrogens (tertiary/aromatic N) is 1. The van der Waals surface area contributed by atoms with E-state index in [0.29, 0.717) is 18.8 Å². The van der Waals surface area contributed by atoms with Gasteiger partial charge in [-0.3, -0.25) is 0 Å². The lowest BCUT2D eigenvalue weighted by molar-refractivity contribution is -0.311. The number of hydrazone groups is 1. The van der Waals surface area contributed by atoms with E-state index in [1.807, 2.05) is 13.8 Å². The molecule has 2 atom stereocenters. The SMILES string of the molecule is CC(C)[C@H](/C=N\NC(N)=O)CC[C@H](C)C(=O)[O-]. The number of carbonyl (C=O) groups excluding carboxylic acids is 2. The Morgan fingerprint density at radius 3 is 2.35 bits per heavy atom. The summed E-state index contributed by atoms with van der Waals surface area (Å²) in [7, 11) is 0. The molecule has 2 amide bonds. The van der Waals surface area contributed by atoms with Crippen LogP contribution in [0.2, 0.25) is 0 Å². The Morgan fingerprint density at radius 1 is 1.35 bits per heavy atom. The Bertz CT molecular complexity index is 290. The summed E-state index contributed by atoms with van der Waals surface area (Å²) in [6, 6.07) is -0.716. The van der Waals surface area contributed by atoms with Gasteiger partial charge in [-0.15, -0.1) is 0 Å². The van der Waals surface area contributed by atoms with E-state index in [0.717, 1.165) is 0 Å². The van der Waals surface area contributed by atoms with Gasteiger partial charge in [-0.1, -0.05) is 20.8 Å². The smallest absolute Gasteiger partial charge is 0.332 e. The number of aliphatic carboxylic acids is 1. The predicted molar refractivity (Wildman–Crippen MR) is 62.9 cm³/mol. The molecule has 0 aromatic rings. The maximum atomic E-state index is 10.6. The Morgan fingerprint density at radius 2 is 1.94 bits per heavy atom. The minimum absolute atomic E-state index is 0.101. The fourth-order valence-corrected chi connectivity index (χ4v) is 1.34. The zero-order chi connectivity index (χ0) is 13.4. The summed E-state index contributed by atoms with van der Waals surface area (Å²) in [5, 5.41) is 14.3. The van der Waals surface area contributed by atoms with Crippen molar-refractivity contribution in [2.24, 2.45) is 28.6 Å². The second-order valence-electron chi connectivity index (χ2n) is 4.46. The normalized spacial score (nSPS) is 14.8. The second-order valence-corrected chi connectivity index (χ2v) is 4.46. The van der Waals surface area contributed by atoms with E-state index < -0.39 is 17.9 Å². The van der Waals surface area contributed by atoms with Gasteiger partial charge in [-0.2, -0.15) is 5.10 Å². The van der Waals surface area contributed by atoms with Crippen molar-refractivity contribution in [3.8, 4) is 0 Å². The molecule has 0 unspecified atom stereocenters. The standard InChI is InChI=1S/C11H21N3O3/c1-7(2)9(6-13-14-11(12)17)5-4-8(3)10(15)16/h6-9H,4-5H2,1-3H3,(H,15,16)(H3,12,14,17)/p-1/b13-6-/t8-,9-/m0/s1. The van der Waals surface area contributed by atoms with E-state index in [1.54, 1.807) is 13.1 Å². The number of nitrogens with one attached hydrogen (secondary N) is 1. The summed E-state index contributed by atoms with van der Waals surface area (Å²) in [6.07, 6.45) is 2.79. The van der Waals surface area contributed by atoms with Gasteiger partial charge >= 0.3 is 6.03 Å². The number of amides is 2. The summed E-state index contributed by atoms with van der Waals surface area (Å²) in [5.41, 5.74) is 6.99. The van der Waals surface area contributed by atoms with Crippen LogP contribution in [0.3, 0.4) is 0 Å². The van der Waals surface area contributed by atoms with Crippen molar-refractivity contribution in [3.05, 3.63) is 0 Å². The fourth-order valence-electron chi connectivity index (χ4n) is 1.34.